The zero-order valence-electron chi connectivity index (χ0n) is 13.9. The molecule has 3 rings (SSSR count). The van der Waals surface area contributed by atoms with Crippen LogP contribution in [0, 0.1) is 0 Å². The van der Waals surface area contributed by atoms with Gasteiger partial charge in [0, 0.05) is 10.6 Å². The fourth-order valence-corrected chi connectivity index (χ4v) is 2.53. The molecule has 5 nitrogen and oxygen atoms in total. The highest BCUT2D eigenvalue weighted by Crippen LogP contribution is 2.25. The van der Waals surface area contributed by atoms with Crippen molar-refractivity contribution in [3.05, 3.63) is 71.1 Å². The molecule has 0 aliphatic carbocycles. The Kier molecular flexibility index (Phi) is 4.86. The smallest absolute Gasteiger partial charge is 0.316 e. The third kappa shape index (κ3) is 3.88. The van der Waals surface area contributed by atoms with Gasteiger partial charge >= 0.3 is 5.97 Å². The van der Waals surface area contributed by atoms with Crippen LogP contribution in [0.2, 0.25) is 5.02 Å². The van der Waals surface area contributed by atoms with Crippen molar-refractivity contribution in [3.8, 4) is 11.4 Å². The van der Waals surface area contributed by atoms with Crippen molar-refractivity contribution in [1.82, 2.24) is 10.1 Å². The average Bonchev–Trinajstić information content (AvgIpc) is 3.09. The van der Waals surface area contributed by atoms with E-state index in [1.54, 1.807) is 18.2 Å². The number of carbonyl (C=O) groups excluding carboxylic acids is 1. The number of hydrogen-bond acceptors (Lipinski definition) is 5. The fraction of sp³-hybridized carbons (Fsp3) is 0.211. The summed E-state index contributed by atoms with van der Waals surface area (Å²) in [6, 6.07) is 16.6. The monoisotopic (exact) mass is 356 g/mol. The number of hydrogen-bond donors (Lipinski definition) is 0. The molecule has 0 saturated carbocycles. The summed E-state index contributed by atoms with van der Waals surface area (Å²) in [5, 5.41) is 4.47. The molecule has 0 aliphatic rings. The van der Waals surface area contributed by atoms with E-state index >= 15 is 0 Å². The van der Waals surface area contributed by atoms with Crippen LogP contribution in [-0.2, 0) is 21.6 Å². The molecule has 0 N–H and O–H groups in total. The molecule has 3 aromatic rings. The second-order valence-corrected chi connectivity index (χ2v) is 6.53. The lowest BCUT2D eigenvalue weighted by Gasteiger charge is -2.22. The first-order chi connectivity index (χ1) is 12.0. The van der Waals surface area contributed by atoms with Crippen molar-refractivity contribution in [1.29, 1.82) is 0 Å². The van der Waals surface area contributed by atoms with Crippen LogP contribution < -0.4 is 0 Å². The predicted molar refractivity (Wildman–Crippen MR) is 94.0 cm³/mol. The summed E-state index contributed by atoms with van der Waals surface area (Å²) in [4.78, 5) is 16.7. The number of halogens is 1. The Labute approximate surface area is 150 Å². The molecule has 0 fully saturated rings. The van der Waals surface area contributed by atoms with E-state index in [0.717, 1.165) is 11.1 Å². The van der Waals surface area contributed by atoms with Crippen LogP contribution in [0.4, 0.5) is 0 Å². The number of rotatable bonds is 5. The molecule has 1 heterocycles. The number of ether oxygens (including phenoxy) is 1. The maximum atomic E-state index is 12.4. The normalized spacial score (nSPS) is 11.3. The molecule has 6 heteroatoms. The van der Waals surface area contributed by atoms with Crippen LogP contribution in [0.15, 0.2) is 59.1 Å². The maximum absolute atomic E-state index is 12.4. The third-order valence-corrected chi connectivity index (χ3v) is 4.12. The molecule has 1 aromatic heterocycles. The minimum atomic E-state index is -0.767. The second kappa shape index (κ2) is 7.07. The van der Waals surface area contributed by atoms with Gasteiger partial charge in [-0.25, -0.2) is 0 Å². The van der Waals surface area contributed by atoms with E-state index < -0.39 is 5.41 Å². The molecule has 25 heavy (non-hydrogen) atoms. The van der Waals surface area contributed by atoms with Gasteiger partial charge in [0.2, 0.25) is 5.82 Å². The third-order valence-electron chi connectivity index (χ3n) is 3.88. The first kappa shape index (κ1) is 17.2. The van der Waals surface area contributed by atoms with Crippen LogP contribution in [0.5, 0.6) is 0 Å². The summed E-state index contributed by atoms with van der Waals surface area (Å²) in [5.74, 6) is 0.268. The van der Waals surface area contributed by atoms with Gasteiger partial charge in [-0.1, -0.05) is 59.2 Å². The van der Waals surface area contributed by atoms with Crippen molar-refractivity contribution < 1.29 is 14.1 Å². The molecule has 0 amide bonds. The topological polar surface area (TPSA) is 65.2 Å². The Morgan fingerprint density at radius 1 is 1.16 bits per heavy atom. The Balaban J connectivity index is 1.67. The maximum Gasteiger partial charge on any atom is 0.316 e. The van der Waals surface area contributed by atoms with Crippen LogP contribution in [-0.4, -0.2) is 16.1 Å². The molecule has 2 aromatic carbocycles. The summed E-state index contributed by atoms with van der Waals surface area (Å²) >= 11 is 5.96. The SMILES string of the molecule is CC(C)(C(=O)OCc1nc(-c2cccc(Cl)c2)no1)c1ccccc1. The van der Waals surface area contributed by atoms with Crippen LogP contribution in [0.1, 0.15) is 25.3 Å². The van der Waals surface area contributed by atoms with E-state index in [4.69, 9.17) is 20.9 Å². The summed E-state index contributed by atoms with van der Waals surface area (Å²) in [5.41, 5.74) is 0.848. The van der Waals surface area contributed by atoms with Gasteiger partial charge in [0.1, 0.15) is 0 Å². The Morgan fingerprint density at radius 2 is 1.92 bits per heavy atom. The highest BCUT2D eigenvalue weighted by Gasteiger charge is 2.31. The van der Waals surface area contributed by atoms with Gasteiger partial charge in [-0.2, -0.15) is 4.98 Å². The summed E-state index contributed by atoms with van der Waals surface area (Å²) in [7, 11) is 0. The van der Waals surface area contributed by atoms with Gasteiger partial charge in [0.25, 0.3) is 5.89 Å². The van der Waals surface area contributed by atoms with Crippen LogP contribution in [0.3, 0.4) is 0 Å². The Hall–Kier alpha value is -2.66. The highest BCUT2D eigenvalue weighted by molar-refractivity contribution is 6.30. The van der Waals surface area contributed by atoms with Gasteiger partial charge in [0.15, 0.2) is 6.61 Å². The van der Waals surface area contributed by atoms with Crippen molar-refractivity contribution in [2.24, 2.45) is 0 Å². The van der Waals surface area contributed by atoms with Crippen LogP contribution >= 0.6 is 11.6 Å². The van der Waals surface area contributed by atoms with E-state index in [9.17, 15) is 4.79 Å². The summed E-state index contributed by atoms with van der Waals surface area (Å²) < 4.78 is 10.5. The summed E-state index contributed by atoms with van der Waals surface area (Å²) in [6.45, 7) is 3.55. The van der Waals surface area contributed by atoms with Crippen molar-refractivity contribution >= 4 is 17.6 Å². The van der Waals surface area contributed by atoms with Crippen molar-refractivity contribution in [2.75, 3.05) is 0 Å². The minimum Gasteiger partial charge on any atom is -0.455 e. The quantitative estimate of drug-likeness (QED) is 0.633. The highest BCUT2D eigenvalue weighted by atomic mass is 35.5. The lowest BCUT2D eigenvalue weighted by atomic mass is 9.85. The molecule has 0 atom stereocenters. The number of aromatic nitrogens is 2. The van der Waals surface area contributed by atoms with E-state index in [1.165, 1.54) is 0 Å². The van der Waals surface area contributed by atoms with Gasteiger partial charge in [-0.3, -0.25) is 4.79 Å². The van der Waals surface area contributed by atoms with Crippen molar-refractivity contribution in [2.45, 2.75) is 25.9 Å². The zero-order chi connectivity index (χ0) is 17.9. The molecule has 128 valence electrons. The molecular weight excluding hydrogens is 340 g/mol. The zero-order valence-corrected chi connectivity index (χ0v) is 14.7. The molecule has 0 spiro atoms. The van der Waals surface area contributed by atoms with E-state index in [0.29, 0.717) is 10.8 Å². The predicted octanol–water partition coefficient (Wildman–Crippen LogP) is 4.41. The average molecular weight is 357 g/mol. The number of esters is 1. The molecule has 0 radical (unpaired) electrons. The van der Waals surface area contributed by atoms with Crippen LogP contribution in [0.25, 0.3) is 11.4 Å². The van der Waals surface area contributed by atoms with Gasteiger partial charge in [0.05, 0.1) is 5.41 Å². The van der Waals surface area contributed by atoms with Gasteiger partial charge < -0.3 is 9.26 Å². The number of nitrogens with zero attached hydrogens (tertiary/aromatic N) is 2. The molecule has 0 saturated heterocycles. The lowest BCUT2D eigenvalue weighted by molar-refractivity contribution is -0.151. The van der Waals surface area contributed by atoms with E-state index in [1.807, 2.05) is 50.2 Å². The molecule has 0 unspecified atom stereocenters. The molecular formula is C19H17ClN2O3. The molecule has 0 aliphatic heterocycles. The Bertz CT molecular complexity index is 875. The second-order valence-electron chi connectivity index (χ2n) is 6.09. The first-order valence-electron chi connectivity index (χ1n) is 7.78. The molecule has 0 bridgehead atoms. The minimum absolute atomic E-state index is 0.0807. The number of benzene rings is 2. The van der Waals surface area contributed by atoms with E-state index in [-0.39, 0.29) is 18.5 Å². The first-order valence-corrected chi connectivity index (χ1v) is 8.16. The largest absolute Gasteiger partial charge is 0.455 e. The standard InChI is InChI=1S/C19H17ClN2O3/c1-19(2,14-8-4-3-5-9-14)18(23)24-12-16-21-17(22-25-16)13-7-6-10-15(20)11-13/h3-11H,12H2,1-2H3. The van der Waals surface area contributed by atoms with Gasteiger partial charge in [-0.15, -0.1) is 0 Å². The Morgan fingerprint density at radius 3 is 2.64 bits per heavy atom. The number of carbonyl (C=O) groups is 1. The fourth-order valence-electron chi connectivity index (χ4n) is 2.34. The van der Waals surface area contributed by atoms with Gasteiger partial charge in [-0.05, 0) is 31.5 Å². The summed E-state index contributed by atoms with van der Waals surface area (Å²) in [6.07, 6.45) is 0. The van der Waals surface area contributed by atoms with Crippen molar-refractivity contribution in [3.63, 3.8) is 0 Å². The lowest BCUT2D eigenvalue weighted by Crippen LogP contribution is -2.30. The van der Waals surface area contributed by atoms with E-state index in [2.05, 4.69) is 10.1 Å².